The smallest absolute Gasteiger partial charge is 0.339 e. The number of carboxylic acids is 1. The molecule has 0 radical (unpaired) electrons. The number of furan rings is 1. The molecule has 0 aliphatic heterocycles. The van der Waals surface area contributed by atoms with Crippen LogP contribution in [0.1, 0.15) is 15.9 Å². The van der Waals surface area contributed by atoms with E-state index in [1.807, 2.05) is 19.1 Å². The summed E-state index contributed by atoms with van der Waals surface area (Å²) in [6, 6.07) is 8.68. The van der Waals surface area contributed by atoms with E-state index in [1.165, 1.54) is 6.07 Å². The Bertz CT molecular complexity index is 526. The summed E-state index contributed by atoms with van der Waals surface area (Å²) in [6.45, 7) is 1.96. The lowest BCUT2D eigenvalue weighted by Gasteiger charge is -1.99. The lowest BCUT2D eigenvalue weighted by atomic mass is 10.1. The minimum absolute atomic E-state index is 0.0768. The number of carbonyl (C=O) groups is 1. The van der Waals surface area contributed by atoms with Gasteiger partial charge >= 0.3 is 5.97 Å². The Labute approximate surface area is 97.3 Å². The zero-order valence-corrected chi connectivity index (χ0v) is 9.28. The predicted octanol–water partition coefficient (Wildman–Crippen LogP) is 3.61. The van der Waals surface area contributed by atoms with Gasteiger partial charge in [0.15, 0.2) is 11.0 Å². The van der Waals surface area contributed by atoms with Gasteiger partial charge in [-0.2, -0.15) is 0 Å². The highest BCUT2D eigenvalue weighted by atomic mass is 35.5. The van der Waals surface area contributed by atoms with E-state index >= 15 is 0 Å². The lowest BCUT2D eigenvalue weighted by Crippen LogP contribution is -1.95. The third-order valence-corrected chi connectivity index (χ3v) is 2.43. The highest BCUT2D eigenvalue weighted by Crippen LogP contribution is 2.29. The number of aryl methyl sites for hydroxylation is 1. The fourth-order valence-electron chi connectivity index (χ4n) is 1.44. The van der Waals surface area contributed by atoms with Gasteiger partial charge in [0, 0.05) is 11.6 Å². The predicted molar refractivity (Wildman–Crippen MR) is 60.9 cm³/mol. The van der Waals surface area contributed by atoms with Gasteiger partial charge in [-0.1, -0.05) is 29.8 Å². The van der Waals surface area contributed by atoms with Gasteiger partial charge < -0.3 is 9.52 Å². The summed E-state index contributed by atoms with van der Waals surface area (Å²) in [4.78, 5) is 11.0. The summed E-state index contributed by atoms with van der Waals surface area (Å²) in [7, 11) is 0. The first kappa shape index (κ1) is 10.8. The number of hydrogen-bond donors (Lipinski definition) is 1. The zero-order valence-electron chi connectivity index (χ0n) is 8.53. The maximum atomic E-state index is 11.0. The first-order valence-corrected chi connectivity index (χ1v) is 5.05. The Hall–Kier alpha value is -1.74. The van der Waals surface area contributed by atoms with Gasteiger partial charge in [0.05, 0.1) is 0 Å². The molecule has 82 valence electrons. The molecule has 4 heteroatoms. The molecule has 3 nitrogen and oxygen atoms in total. The van der Waals surface area contributed by atoms with Crippen LogP contribution in [0.25, 0.3) is 11.3 Å². The van der Waals surface area contributed by atoms with Crippen LogP contribution < -0.4 is 0 Å². The maximum absolute atomic E-state index is 11.0. The van der Waals surface area contributed by atoms with Gasteiger partial charge in [-0.15, -0.1) is 0 Å². The van der Waals surface area contributed by atoms with Crippen molar-refractivity contribution in [1.29, 1.82) is 0 Å². The molecule has 0 amide bonds. The van der Waals surface area contributed by atoms with E-state index in [0.29, 0.717) is 5.56 Å². The van der Waals surface area contributed by atoms with Crippen LogP contribution in [0, 0.1) is 6.92 Å². The molecule has 0 saturated carbocycles. The average molecular weight is 237 g/mol. The van der Waals surface area contributed by atoms with Gasteiger partial charge in [-0.3, -0.25) is 0 Å². The molecule has 0 spiro atoms. The SMILES string of the molecule is Cc1ccc(-c2oc(Cl)cc2C(=O)O)cc1. The standard InChI is InChI=1S/C12H9ClO3/c1-7-2-4-8(5-3-7)11-9(12(14)15)6-10(13)16-11/h2-6H,1H3,(H,14,15). The quantitative estimate of drug-likeness (QED) is 0.867. The van der Waals surface area contributed by atoms with E-state index in [9.17, 15) is 4.79 Å². The third-order valence-electron chi connectivity index (χ3n) is 2.25. The van der Waals surface area contributed by atoms with Crippen LogP contribution in [0.4, 0.5) is 0 Å². The molecule has 0 fully saturated rings. The Morgan fingerprint density at radius 2 is 1.94 bits per heavy atom. The van der Waals surface area contributed by atoms with E-state index in [4.69, 9.17) is 21.1 Å². The number of benzene rings is 1. The van der Waals surface area contributed by atoms with Crippen molar-refractivity contribution in [2.75, 3.05) is 0 Å². The summed E-state index contributed by atoms with van der Waals surface area (Å²) >= 11 is 5.66. The normalized spacial score (nSPS) is 10.4. The van der Waals surface area contributed by atoms with Crippen LogP contribution in [0.3, 0.4) is 0 Å². The molecule has 1 N–H and O–H groups in total. The fraction of sp³-hybridized carbons (Fsp3) is 0.0833. The largest absolute Gasteiger partial charge is 0.478 e. The van der Waals surface area contributed by atoms with Gasteiger partial charge in [0.2, 0.25) is 0 Å². The number of aromatic carboxylic acids is 1. The summed E-state index contributed by atoms with van der Waals surface area (Å²) < 4.78 is 5.19. The number of halogens is 1. The summed E-state index contributed by atoms with van der Waals surface area (Å²) in [5.74, 6) is -0.760. The van der Waals surface area contributed by atoms with E-state index < -0.39 is 5.97 Å². The molecular formula is C12H9ClO3. The second-order valence-corrected chi connectivity index (χ2v) is 3.84. The molecule has 0 atom stereocenters. The molecule has 1 aromatic heterocycles. The van der Waals surface area contributed by atoms with Crippen molar-refractivity contribution < 1.29 is 14.3 Å². The minimum atomic E-state index is -1.05. The topological polar surface area (TPSA) is 50.4 Å². The Morgan fingerprint density at radius 3 is 2.50 bits per heavy atom. The first-order valence-electron chi connectivity index (χ1n) is 4.67. The molecule has 0 bridgehead atoms. The highest BCUT2D eigenvalue weighted by Gasteiger charge is 2.17. The van der Waals surface area contributed by atoms with Crippen LogP contribution >= 0.6 is 11.6 Å². The first-order chi connectivity index (χ1) is 7.58. The number of rotatable bonds is 2. The number of carboxylic acid groups (broad SMARTS) is 1. The summed E-state index contributed by atoms with van der Waals surface area (Å²) in [6.07, 6.45) is 0. The van der Waals surface area contributed by atoms with Crippen LogP contribution in [-0.4, -0.2) is 11.1 Å². The van der Waals surface area contributed by atoms with Gasteiger partial charge in [-0.05, 0) is 18.5 Å². The minimum Gasteiger partial charge on any atom is -0.478 e. The molecule has 1 heterocycles. The molecule has 16 heavy (non-hydrogen) atoms. The van der Waals surface area contributed by atoms with E-state index in [-0.39, 0.29) is 16.5 Å². The third kappa shape index (κ3) is 1.95. The molecule has 2 rings (SSSR count). The van der Waals surface area contributed by atoms with Gasteiger partial charge in [0.25, 0.3) is 0 Å². The molecular weight excluding hydrogens is 228 g/mol. The zero-order chi connectivity index (χ0) is 11.7. The average Bonchev–Trinajstić information content (AvgIpc) is 2.61. The fourth-order valence-corrected chi connectivity index (χ4v) is 1.63. The van der Waals surface area contributed by atoms with Crippen molar-refractivity contribution in [2.45, 2.75) is 6.92 Å². The second kappa shape index (κ2) is 4.02. The molecule has 1 aromatic carbocycles. The molecule has 0 aliphatic rings. The van der Waals surface area contributed by atoms with Crippen molar-refractivity contribution in [3.8, 4) is 11.3 Å². The second-order valence-electron chi connectivity index (χ2n) is 3.46. The number of hydrogen-bond acceptors (Lipinski definition) is 2. The van der Waals surface area contributed by atoms with E-state index in [1.54, 1.807) is 12.1 Å². The maximum Gasteiger partial charge on any atom is 0.339 e. The summed E-state index contributed by atoms with van der Waals surface area (Å²) in [5, 5.41) is 9.05. The van der Waals surface area contributed by atoms with Crippen molar-refractivity contribution in [3.05, 3.63) is 46.7 Å². The van der Waals surface area contributed by atoms with Crippen LogP contribution in [-0.2, 0) is 0 Å². The molecule has 0 saturated heterocycles. The van der Waals surface area contributed by atoms with Crippen LogP contribution in [0.5, 0.6) is 0 Å². The van der Waals surface area contributed by atoms with Crippen LogP contribution in [0.2, 0.25) is 5.22 Å². The highest BCUT2D eigenvalue weighted by molar-refractivity contribution is 6.29. The van der Waals surface area contributed by atoms with Crippen molar-refractivity contribution in [2.24, 2.45) is 0 Å². The van der Waals surface area contributed by atoms with Crippen LogP contribution in [0.15, 0.2) is 34.7 Å². The van der Waals surface area contributed by atoms with Crippen molar-refractivity contribution in [1.82, 2.24) is 0 Å². The van der Waals surface area contributed by atoms with Crippen molar-refractivity contribution in [3.63, 3.8) is 0 Å². The monoisotopic (exact) mass is 236 g/mol. The Kier molecular flexibility index (Phi) is 2.71. The van der Waals surface area contributed by atoms with Gasteiger partial charge in [0.1, 0.15) is 5.56 Å². The molecule has 0 unspecified atom stereocenters. The van der Waals surface area contributed by atoms with E-state index in [2.05, 4.69) is 0 Å². The van der Waals surface area contributed by atoms with Crippen molar-refractivity contribution >= 4 is 17.6 Å². The molecule has 0 aliphatic carbocycles. The van der Waals surface area contributed by atoms with Gasteiger partial charge in [-0.25, -0.2) is 4.79 Å². The molecule has 2 aromatic rings. The lowest BCUT2D eigenvalue weighted by molar-refractivity contribution is 0.0697. The Morgan fingerprint density at radius 1 is 1.31 bits per heavy atom. The Balaban J connectivity index is 2.55. The van der Waals surface area contributed by atoms with E-state index in [0.717, 1.165) is 5.56 Å². The summed E-state index contributed by atoms with van der Waals surface area (Å²) in [5.41, 5.74) is 1.88.